The van der Waals surface area contributed by atoms with Gasteiger partial charge in [0, 0.05) is 12.6 Å². The van der Waals surface area contributed by atoms with Gasteiger partial charge >= 0.3 is 5.97 Å². The Labute approximate surface area is 118 Å². The van der Waals surface area contributed by atoms with Gasteiger partial charge in [0.1, 0.15) is 11.5 Å². The van der Waals surface area contributed by atoms with Crippen molar-refractivity contribution in [3.05, 3.63) is 60.8 Å². The summed E-state index contributed by atoms with van der Waals surface area (Å²) < 4.78 is 4.66. The molecule has 0 fully saturated rings. The minimum Gasteiger partial charge on any atom is -0.464 e. The summed E-state index contributed by atoms with van der Waals surface area (Å²) in [5, 5.41) is 0. The number of rotatable bonds is 4. The van der Waals surface area contributed by atoms with Gasteiger partial charge in [-0.2, -0.15) is 0 Å². The Hall–Kier alpha value is -2.62. The maximum Gasteiger partial charge on any atom is 0.354 e. The number of likely N-dealkylation sites (N-methyl/N-ethyl adjacent to an activating group) is 1. The highest BCUT2D eigenvalue weighted by atomic mass is 16.5. The van der Waals surface area contributed by atoms with Gasteiger partial charge in [0.15, 0.2) is 0 Å². The fourth-order valence-corrected chi connectivity index (χ4v) is 1.77. The highest BCUT2D eigenvalue weighted by Gasteiger charge is 2.14. The number of aromatic nitrogens is 1. The molecule has 0 aliphatic heterocycles. The van der Waals surface area contributed by atoms with E-state index in [0.29, 0.717) is 5.82 Å². The normalized spacial score (nSPS) is 9.90. The number of hydrogen-bond acceptors (Lipinski definition) is 4. The van der Waals surface area contributed by atoms with Gasteiger partial charge in [0.25, 0.3) is 0 Å². The summed E-state index contributed by atoms with van der Waals surface area (Å²) in [7, 11) is 3.06. The summed E-state index contributed by atoms with van der Waals surface area (Å²) >= 11 is 0. The van der Waals surface area contributed by atoms with Gasteiger partial charge in [-0.25, -0.2) is 9.78 Å². The Kier molecular flexibility index (Phi) is 4.15. The monoisotopic (exact) mass is 268 g/mol. The van der Waals surface area contributed by atoms with Crippen LogP contribution in [0, 0.1) is 0 Å². The van der Waals surface area contributed by atoms with E-state index in [9.17, 15) is 4.79 Å². The molecule has 0 spiro atoms. The SMILES string of the molecule is C=C(C(=O)OC)N(C)c1cccc(-c2ccccc2)n1. The maximum absolute atomic E-state index is 11.5. The second kappa shape index (κ2) is 6.02. The molecule has 0 saturated carbocycles. The van der Waals surface area contributed by atoms with Crippen LogP contribution in [0.2, 0.25) is 0 Å². The Morgan fingerprint density at radius 2 is 1.85 bits per heavy atom. The lowest BCUT2D eigenvalue weighted by Crippen LogP contribution is -2.23. The van der Waals surface area contributed by atoms with Crippen molar-refractivity contribution in [3.8, 4) is 11.3 Å². The minimum atomic E-state index is -0.473. The average Bonchev–Trinajstić information content (AvgIpc) is 2.53. The van der Waals surface area contributed by atoms with Crippen LogP contribution in [-0.2, 0) is 9.53 Å². The molecule has 0 aliphatic rings. The van der Waals surface area contributed by atoms with E-state index in [-0.39, 0.29) is 5.70 Å². The lowest BCUT2D eigenvalue weighted by Gasteiger charge is -2.19. The molecule has 2 aromatic rings. The van der Waals surface area contributed by atoms with Crippen LogP contribution in [0.3, 0.4) is 0 Å². The Morgan fingerprint density at radius 3 is 2.50 bits per heavy atom. The number of esters is 1. The maximum atomic E-state index is 11.5. The molecule has 0 saturated heterocycles. The fraction of sp³-hybridized carbons (Fsp3) is 0.125. The average molecular weight is 268 g/mol. The molecule has 0 atom stereocenters. The van der Waals surface area contributed by atoms with Crippen LogP contribution in [0.4, 0.5) is 5.82 Å². The molecule has 4 nitrogen and oxygen atoms in total. The molecule has 0 radical (unpaired) electrons. The van der Waals surface area contributed by atoms with Crippen molar-refractivity contribution in [1.29, 1.82) is 0 Å². The number of hydrogen-bond donors (Lipinski definition) is 0. The zero-order valence-corrected chi connectivity index (χ0v) is 11.5. The zero-order valence-electron chi connectivity index (χ0n) is 11.5. The lowest BCUT2D eigenvalue weighted by molar-refractivity contribution is -0.136. The van der Waals surface area contributed by atoms with Crippen LogP contribution in [0.1, 0.15) is 0 Å². The molecule has 2 rings (SSSR count). The summed E-state index contributed by atoms with van der Waals surface area (Å²) in [6, 6.07) is 15.5. The first kappa shape index (κ1) is 13.8. The quantitative estimate of drug-likeness (QED) is 0.631. The molecule has 0 unspecified atom stereocenters. The first-order valence-electron chi connectivity index (χ1n) is 6.17. The number of benzene rings is 1. The number of nitrogens with zero attached hydrogens (tertiary/aromatic N) is 2. The van der Waals surface area contributed by atoms with Gasteiger partial charge in [-0.1, -0.05) is 43.0 Å². The molecule has 0 amide bonds. The predicted molar refractivity (Wildman–Crippen MR) is 79.2 cm³/mol. The first-order chi connectivity index (χ1) is 9.63. The van der Waals surface area contributed by atoms with Gasteiger partial charge in [0.2, 0.25) is 0 Å². The molecule has 1 heterocycles. The molecule has 20 heavy (non-hydrogen) atoms. The molecule has 0 N–H and O–H groups in total. The van der Waals surface area contributed by atoms with Gasteiger partial charge < -0.3 is 9.64 Å². The molecule has 4 heteroatoms. The van der Waals surface area contributed by atoms with Crippen LogP contribution < -0.4 is 4.90 Å². The summed E-state index contributed by atoms with van der Waals surface area (Å²) in [6.07, 6.45) is 0. The summed E-state index contributed by atoms with van der Waals surface area (Å²) in [5.41, 5.74) is 2.10. The highest BCUT2D eigenvalue weighted by Crippen LogP contribution is 2.21. The van der Waals surface area contributed by atoms with Gasteiger partial charge in [-0.05, 0) is 12.1 Å². The summed E-state index contributed by atoms with van der Waals surface area (Å²) in [4.78, 5) is 17.6. The number of methoxy groups -OCH3 is 1. The van der Waals surface area contributed by atoms with E-state index in [1.165, 1.54) is 7.11 Å². The van der Waals surface area contributed by atoms with Crippen LogP contribution in [0.15, 0.2) is 60.8 Å². The predicted octanol–water partition coefficient (Wildman–Crippen LogP) is 2.87. The Bertz CT molecular complexity index is 623. The zero-order chi connectivity index (χ0) is 14.5. The van der Waals surface area contributed by atoms with Crippen molar-refractivity contribution in [1.82, 2.24) is 4.98 Å². The largest absolute Gasteiger partial charge is 0.464 e. The van der Waals surface area contributed by atoms with Crippen molar-refractivity contribution < 1.29 is 9.53 Å². The second-order valence-electron chi connectivity index (χ2n) is 4.24. The standard InChI is InChI=1S/C16H16N2O2/c1-12(16(19)20-3)18(2)15-11-7-10-14(17-15)13-8-5-4-6-9-13/h4-11H,1H2,2-3H3. The third kappa shape index (κ3) is 2.85. The molecular formula is C16H16N2O2. The van der Waals surface area contributed by atoms with E-state index >= 15 is 0 Å². The van der Waals surface area contributed by atoms with E-state index < -0.39 is 5.97 Å². The van der Waals surface area contributed by atoms with Crippen LogP contribution >= 0.6 is 0 Å². The van der Waals surface area contributed by atoms with Crippen molar-refractivity contribution >= 4 is 11.8 Å². The molecule has 0 bridgehead atoms. The van der Waals surface area contributed by atoms with Gasteiger partial charge in [0.05, 0.1) is 12.8 Å². The molecule has 0 aliphatic carbocycles. The highest BCUT2D eigenvalue weighted by molar-refractivity contribution is 5.91. The van der Waals surface area contributed by atoms with Crippen molar-refractivity contribution in [2.45, 2.75) is 0 Å². The molecule has 1 aromatic carbocycles. The Morgan fingerprint density at radius 1 is 1.15 bits per heavy atom. The van der Waals surface area contributed by atoms with E-state index in [4.69, 9.17) is 0 Å². The van der Waals surface area contributed by atoms with Crippen molar-refractivity contribution in [3.63, 3.8) is 0 Å². The van der Waals surface area contributed by atoms with Crippen LogP contribution in [-0.4, -0.2) is 25.1 Å². The number of carbonyl (C=O) groups excluding carboxylic acids is 1. The van der Waals surface area contributed by atoms with Crippen molar-refractivity contribution in [2.24, 2.45) is 0 Å². The number of pyridine rings is 1. The smallest absolute Gasteiger partial charge is 0.354 e. The van der Waals surface area contributed by atoms with Gasteiger partial charge in [-0.3, -0.25) is 0 Å². The number of carbonyl (C=O) groups is 1. The topological polar surface area (TPSA) is 42.4 Å². The molecular weight excluding hydrogens is 252 g/mol. The Balaban J connectivity index is 2.31. The third-order valence-electron chi connectivity index (χ3n) is 2.97. The number of anilines is 1. The fourth-order valence-electron chi connectivity index (χ4n) is 1.77. The number of ether oxygens (including phenoxy) is 1. The van der Waals surface area contributed by atoms with E-state index in [2.05, 4.69) is 16.3 Å². The van der Waals surface area contributed by atoms with Crippen LogP contribution in [0.25, 0.3) is 11.3 Å². The first-order valence-corrected chi connectivity index (χ1v) is 6.17. The molecule has 1 aromatic heterocycles. The second-order valence-corrected chi connectivity index (χ2v) is 4.24. The van der Waals surface area contributed by atoms with E-state index in [0.717, 1.165) is 11.3 Å². The summed E-state index contributed by atoms with van der Waals surface area (Å²) in [6.45, 7) is 3.72. The minimum absolute atomic E-state index is 0.241. The summed E-state index contributed by atoms with van der Waals surface area (Å²) in [5.74, 6) is 0.168. The lowest BCUT2D eigenvalue weighted by atomic mass is 10.1. The molecule has 102 valence electrons. The van der Waals surface area contributed by atoms with Crippen molar-refractivity contribution in [2.75, 3.05) is 19.1 Å². The van der Waals surface area contributed by atoms with Crippen LogP contribution in [0.5, 0.6) is 0 Å². The van der Waals surface area contributed by atoms with E-state index in [1.807, 2.05) is 48.5 Å². The van der Waals surface area contributed by atoms with Gasteiger partial charge in [-0.15, -0.1) is 0 Å². The third-order valence-corrected chi connectivity index (χ3v) is 2.97. The van der Waals surface area contributed by atoms with E-state index in [1.54, 1.807) is 11.9 Å².